The van der Waals surface area contributed by atoms with Crippen molar-refractivity contribution in [2.75, 3.05) is 6.61 Å². The van der Waals surface area contributed by atoms with Crippen molar-refractivity contribution in [3.05, 3.63) is 59.7 Å². The van der Waals surface area contributed by atoms with Crippen LogP contribution in [-0.2, 0) is 11.2 Å². The van der Waals surface area contributed by atoms with Gasteiger partial charge in [-0.3, -0.25) is 19.7 Å². The van der Waals surface area contributed by atoms with E-state index in [2.05, 4.69) is 22.2 Å². The summed E-state index contributed by atoms with van der Waals surface area (Å²) in [6.45, 7) is -0.349. The Morgan fingerprint density at radius 2 is 1.83 bits per heavy atom. The lowest BCUT2D eigenvalue weighted by molar-refractivity contribution is -0.274. The summed E-state index contributed by atoms with van der Waals surface area (Å²) in [6.07, 6.45) is -4.51. The van der Waals surface area contributed by atoms with Crippen LogP contribution in [0.5, 0.6) is 11.5 Å². The fourth-order valence-corrected chi connectivity index (χ4v) is 3.25. The number of imide groups is 1. The predicted octanol–water partition coefficient (Wildman–Crippen LogP) is 3.34. The molecule has 1 N–H and O–H groups in total. The van der Waals surface area contributed by atoms with E-state index >= 15 is 0 Å². The van der Waals surface area contributed by atoms with Gasteiger partial charge in [0.2, 0.25) is 5.91 Å². The van der Waals surface area contributed by atoms with Crippen molar-refractivity contribution in [2.45, 2.75) is 18.0 Å². The molecule has 0 saturated carbocycles. The number of benzene rings is 1. The minimum Gasteiger partial charge on any atom is -0.477 e. The molecular formula is C19H12F3NO5S. The summed E-state index contributed by atoms with van der Waals surface area (Å²) in [7, 11) is 0. The molecule has 0 radical (unpaired) electrons. The van der Waals surface area contributed by atoms with Gasteiger partial charge in [0.15, 0.2) is 18.1 Å². The number of thioether (sulfide) groups is 1. The van der Waals surface area contributed by atoms with Gasteiger partial charge in [0.1, 0.15) is 5.75 Å². The smallest absolute Gasteiger partial charge is 0.477 e. The van der Waals surface area contributed by atoms with E-state index in [4.69, 9.17) is 4.74 Å². The zero-order valence-corrected chi connectivity index (χ0v) is 15.4. The van der Waals surface area contributed by atoms with E-state index in [0.29, 0.717) is 12.0 Å². The molecule has 2 amide bonds. The van der Waals surface area contributed by atoms with Crippen molar-refractivity contribution >= 4 is 28.7 Å². The van der Waals surface area contributed by atoms with Crippen molar-refractivity contribution in [3.8, 4) is 11.5 Å². The third kappa shape index (κ3) is 5.89. The summed E-state index contributed by atoms with van der Waals surface area (Å²) in [4.78, 5) is 34.8. The minimum atomic E-state index is -4.80. The lowest BCUT2D eigenvalue weighted by Gasteiger charge is -2.09. The first-order valence-electron chi connectivity index (χ1n) is 8.16. The first-order chi connectivity index (χ1) is 13.7. The summed E-state index contributed by atoms with van der Waals surface area (Å²) < 4.78 is 45.5. The number of nitrogens with one attached hydrogen (secondary N) is 1. The number of halogens is 3. The number of ether oxygens (including phenoxy) is 2. The minimum absolute atomic E-state index is 0.161. The zero-order valence-electron chi connectivity index (χ0n) is 14.5. The second-order valence-corrected chi connectivity index (χ2v) is 7.02. The van der Waals surface area contributed by atoms with Gasteiger partial charge >= 0.3 is 6.36 Å². The van der Waals surface area contributed by atoms with Gasteiger partial charge in [-0.05, 0) is 42.5 Å². The summed E-state index contributed by atoms with van der Waals surface area (Å²) in [5, 5.41) is 1.28. The van der Waals surface area contributed by atoms with E-state index < -0.39 is 23.1 Å². The Labute approximate surface area is 167 Å². The molecule has 0 aromatic heterocycles. The van der Waals surface area contributed by atoms with Gasteiger partial charge in [0.25, 0.3) is 5.24 Å². The molecule has 150 valence electrons. The Bertz CT molecular complexity index is 913. The molecule has 1 saturated heterocycles. The highest BCUT2D eigenvalue weighted by Gasteiger charge is 2.32. The second-order valence-electron chi connectivity index (χ2n) is 5.84. The lowest BCUT2D eigenvalue weighted by atomic mass is 10.1. The standard InChI is InChI=1S/C19H12F3NO5S/c20-19(21,22)28-14-7-3-12(4-8-14)15(24)10-27-13-5-1-11(2-6-13)9-16-17(25)23-18(26)29-16/h1,3-5,7-8,16H,9-10H2,(H,23,25,26). The van der Waals surface area contributed by atoms with Crippen molar-refractivity contribution in [3.63, 3.8) is 0 Å². The Kier molecular flexibility index (Phi) is 5.98. The van der Waals surface area contributed by atoms with Crippen LogP contribution in [0.2, 0.25) is 0 Å². The van der Waals surface area contributed by atoms with E-state index in [0.717, 1.165) is 23.9 Å². The molecule has 1 atom stereocenters. The summed E-state index contributed by atoms with van der Waals surface area (Å²) in [5.41, 5.74) is 0.806. The molecule has 1 heterocycles. The number of hydrogen-bond acceptors (Lipinski definition) is 6. The Morgan fingerprint density at radius 3 is 2.38 bits per heavy atom. The van der Waals surface area contributed by atoms with Crippen LogP contribution in [0.4, 0.5) is 18.0 Å². The predicted molar refractivity (Wildman–Crippen MR) is 95.7 cm³/mol. The van der Waals surface area contributed by atoms with Crippen LogP contribution in [0, 0.1) is 12.1 Å². The molecule has 1 unspecified atom stereocenters. The maximum absolute atomic E-state index is 12.1. The molecule has 0 spiro atoms. The maximum atomic E-state index is 12.1. The number of hydrogen-bond donors (Lipinski definition) is 1. The largest absolute Gasteiger partial charge is 0.573 e. The Balaban J connectivity index is 1.51. The number of carbonyl (C=O) groups is 3. The van der Waals surface area contributed by atoms with E-state index in [-0.39, 0.29) is 29.1 Å². The number of ketones is 1. The van der Waals surface area contributed by atoms with Crippen LogP contribution in [-0.4, -0.2) is 35.1 Å². The molecule has 29 heavy (non-hydrogen) atoms. The normalized spacial score (nSPS) is 16.2. The number of Topliss-reactive ketones (excluding diaryl/α,β-unsaturated/α-hetero) is 1. The van der Waals surface area contributed by atoms with E-state index in [1.807, 2.05) is 0 Å². The highest BCUT2D eigenvalue weighted by Crippen LogP contribution is 2.24. The first kappa shape index (κ1) is 20.5. The van der Waals surface area contributed by atoms with Gasteiger partial charge in [-0.2, -0.15) is 0 Å². The number of rotatable bonds is 7. The third-order valence-electron chi connectivity index (χ3n) is 3.72. The quantitative estimate of drug-likeness (QED) is 0.688. The van der Waals surface area contributed by atoms with Crippen LogP contribution in [0.15, 0.2) is 36.4 Å². The van der Waals surface area contributed by atoms with Crippen molar-refractivity contribution in [1.82, 2.24) is 5.32 Å². The van der Waals surface area contributed by atoms with Gasteiger partial charge in [0.05, 0.1) is 5.25 Å². The molecule has 2 aromatic rings. The van der Waals surface area contributed by atoms with Gasteiger partial charge < -0.3 is 9.47 Å². The molecule has 1 aliphatic rings. The molecule has 1 aliphatic heterocycles. The van der Waals surface area contributed by atoms with Gasteiger partial charge in [-0.15, -0.1) is 13.2 Å². The van der Waals surface area contributed by atoms with Crippen LogP contribution in [0.3, 0.4) is 0 Å². The summed E-state index contributed by atoms with van der Waals surface area (Å²) >= 11 is 0.908. The van der Waals surface area contributed by atoms with Crippen LogP contribution < -0.4 is 14.8 Å². The Hall–Kier alpha value is -3.19. The Morgan fingerprint density at radius 1 is 1.10 bits per heavy atom. The van der Waals surface area contributed by atoms with E-state index in [1.54, 1.807) is 12.1 Å². The second kappa shape index (κ2) is 8.45. The average Bonchev–Trinajstić information content (AvgIpc) is 2.97. The fourth-order valence-electron chi connectivity index (χ4n) is 2.40. The van der Waals surface area contributed by atoms with Crippen molar-refractivity contribution in [1.29, 1.82) is 0 Å². The average molecular weight is 423 g/mol. The molecule has 2 aromatic carbocycles. The highest BCUT2D eigenvalue weighted by atomic mass is 32.2. The molecule has 0 aliphatic carbocycles. The molecule has 10 heteroatoms. The lowest BCUT2D eigenvalue weighted by Crippen LogP contribution is -2.25. The molecular weight excluding hydrogens is 411 g/mol. The fraction of sp³-hybridized carbons (Fsp3) is 0.211. The van der Waals surface area contributed by atoms with Crippen molar-refractivity contribution in [2.24, 2.45) is 0 Å². The van der Waals surface area contributed by atoms with Crippen LogP contribution in [0.1, 0.15) is 15.9 Å². The highest BCUT2D eigenvalue weighted by molar-refractivity contribution is 8.15. The molecule has 3 rings (SSSR count). The summed E-state index contributed by atoms with van der Waals surface area (Å²) in [6, 6.07) is 13.2. The SMILES string of the molecule is O=C1NC(=O)C(Cc2c#cc(OCC(=O)c3ccc(OC(F)(F)F)cc3)cc2)S1. The van der Waals surface area contributed by atoms with Gasteiger partial charge in [-0.1, -0.05) is 17.8 Å². The zero-order chi connectivity index (χ0) is 21.0. The monoisotopic (exact) mass is 423 g/mol. The molecule has 1 fully saturated rings. The maximum Gasteiger partial charge on any atom is 0.573 e. The van der Waals surface area contributed by atoms with E-state index in [9.17, 15) is 27.6 Å². The number of amides is 2. The van der Waals surface area contributed by atoms with Crippen LogP contribution in [0.25, 0.3) is 0 Å². The molecule has 0 bridgehead atoms. The first-order valence-corrected chi connectivity index (χ1v) is 9.04. The van der Waals surface area contributed by atoms with Gasteiger partial charge in [-0.25, -0.2) is 0 Å². The van der Waals surface area contributed by atoms with Crippen LogP contribution >= 0.6 is 11.8 Å². The topological polar surface area (TPSA) is 81.7 Å². The van der Waals surface area contributed by atoms with Gasteiger partial charge in [0, 0.05) is 17.5 Å². The number of alkyl halides is 3. The summed E-state index contributed by atoms with van der Waals surface area (Å²) in [5.74, 6) is -0.993. The van der Waals surface area contributed by atoms with Crippen molar-refractivity contribution < 1.29 is 37.0 Å². The third-order valence-corrected chi connectivity index (χ3v) is 4.70. The molecule has 6 nitrogen and oxygen atoms in total. The number of carbonyl (C=O) groups excluding carboxylic acids is 3. The van der Waals surface area contributed by atoms with E-state index in [1.165, 1.54) is 12.1 Å².